The van der Waals surface area contributed by atoms with E-state index in [4.69, 9.17) is 9.84 Å². The van der Waals surface area contributed by atoms with Crippen LogP contribution < -0.4 is 0 Å². The van der Waals surface area contributed by atoms with Crippen LogP contribution in [0, 0.1) is 0 Å². The molecule has 1 amide bonds. The van der Waals surface area contributed by atoms with Crippen LogP contribution in [0.2, 0.25) is 0 Å². The number of fused-ring (bicyclic) bond motifs is 1. The van der Waals surface area contributed by atoms with Crippen LogP contribution in [-0.4, -0.2) is 67.8 Å². The van der Waals surface area contributed by atoms with Gasteiger partial charge in [0.1, 0.15) is 5.69 Å². The molecule has 4 heterocycles. The van der Waals surface area contributed by atoms with Crippen LogP contribution in [0.15, 0.2) is 12.5 Å². The zero-order chi connectivity index (χ0) is 18.1. The largest absolute Gasteiger partial charge is 0.376 e. The van der Waals surface area contributed by atoms with Crippen molar-refractivity contribution in [2.45, 2.75) is 33.0 Å². The SMILES string of the molecule is CCn1nc(CN2CCN(C(=O)c3cn(C)cn3)CC2)c2c1CCOC2. The maximum absolute atomic E-state index is 12.5. The van der Waals surface area contributed by atoms with Crippen LogP contribution >= 0.6 is 0 Å². The van der Waals surface area contributed by atoms with E-state index in [9.17, 15) is 4.79 Å². The van der Waals surface area contributed by atoms with Crippen LogP contribution in [0.1, 0.15) is 34.4 Å². The van der Waals surface area contributed by atoms with Crippen molar-refractivity contribution in [2.24, 2.45) is 7.05 Å². The molecule has 2 aromatic rings. The van der Waals surface area contributed by atoms with Gasteiger partial charge in [-0.05, 0) is 6.92 Å². The average Bonchev–Trinajstić information content (AvgIpc) is 3.26. The molecule has 0 unspecified atom stereocenters. The first-order valence-corrected chi connectivity index (χ1v) is 9.30. The van der Waals surface area contributed by atoms with Gasteiger partial charge in [-0.3, -0.25) is 14.4 Å². The van der Waals surface area contributed by atoms with Gasteiger partial charge in [-0.15, -0.1) is 0 Å². The Hall–Kier alpha value is -2.19. The summed E-state index contributed by atoms with van der Waals surface area (Å²) in [7, 11) is 1.88. The van der Waals surface area contributed by atoms with Gasteiger partial charge in [-0.25, -0.2) is 4.98 Å². The zero-order valence-corrected chi connectivity index (χ0v) is 15.5. The number of hydrogen-bond donors (Lipinski definition) is 0. The molecular formula is C18H26N6O2. The third-order valence-electron chi connectivity index (χ3n) is 5.24. The van der Waals surface area contributed by atoms with Gasteiger partial charge in [0.15, 0.2) is 0 Å². The molecule has 0 aromatic carbocycles. The van der Waals surface area contributed by atoms with Crippen molar-refractivity contribution in [1.29, 1.82) is 0 Å². The van der Waals surface area contributed by atoms with Crippen LogP contribution in [0.3, 0.4) is 0 Å². The maximum Gasteiger partial charge on any atom is 0.274 e. The molecule has 1 fully saturated rings. The Balaban J connectivity index is 1.38. The molecule has 0 N–H and O–H groups in total. The number of rotatable bonds is 4. The van der Waals surface area contributed by atoms with Crippen LogP contribution in [0.25, 0.3) is 0 Å². The molecule has 26 heavy (non-hydrogen) atoms. The second-order valence-electron chi connectivity index (χ2n) is 6.98. The van der Waals surface area contributed by atoms with E-state index in [1.165, 1.54) is 11.3 Å². The van der Waals surface area contributed by atoms with Crippen molar-refractivity contribution in [1.82, 2.24) is 29.1 Å². The molecule has 0 spiro atoms. The first-order valence-electron chi connectivity index (χ1n) is 9.30. The Kier molecular flexibility index (Phi) is 4.78. The molecule has 1 saturated heterocycles. The third kappa shape index (κ3) is 3.26. The number of ether oxygens (including phenoxy) is 1. The molecule has 4 rings (SSSR count). The van der Waals surface area contributed by atoms with E-state index < -0.39 is 0 Å². The lowest BCUT2D eigenvalue weighted by Gasteiger charge is -2.34. The highest BCUT2D eigenvalue weighted by atomic mass is 16.5. The van der Waals surface area contributed by atoms with Gasteiger partial charge < -0.3 is 14.2 Å². The lowest BCUT2D eigenvalue weighted by molar-refractivity contribution is 0.0619. The fraction of sp³-hybridized carbons (Fsp3) is 0.611. The van der Waals surface area contributed by atoms with Crippen molar-refractivity contribution in [2.75, 3.05) is 32.8 Å². The normalized spacial score (nSPS) is 18.2. The number of hydrogen-bond acceptors (Lipinski definition) is 5. The van der Waals surface area contributed by atoms with Gasteiger partial charge >= 0.3 is 0 Å². The van der Waals surface area contributed by atoms with Crippen molar-refractivity contribution < 1.29 is 9.53 Å². The number of amides is 1. The maximum atomic E-state index is 12.5. The quantitative estimate of drug-likeness (QED) is 0.803. The minimum atomic E-state index is 0.0197. The fourth-order valence-corrected chi connectivity index (χ4v) is 3.77. The molecule has 2 aliphatic rings. The number of piperazine rings is 1. The molecule has 0 aliphatic carbocycles. The summed E-state index contributed by atoms with van der Waals surface area (Å²) in [5.74, 6) is 0.0197. The second-order valence-corrected chi connectivity index (χ2v) is 6.98. The smallest absolute Gasteiger partial charge is 0.274 e. The second kappa shape index (κ2) is 7.20. The number of aryl methyl sites for hydroxylation is 2. The molecule has 2 aromatic heterocycles. The van der Waals surface area contributed by atoms with Crippen molar-refractivity contribution in [3.05, 3.63) is 35.2 Å². The lowest BCUT2D eigenvalue weighted by Crippen LogP contribution is -2.48. The average molecular weight is 358 g/mol. The summed E-state index contributed by atoms with van der Waals surface area (Å²) in [5, 5.41) is 4.81. The van der Waals surface area contributed by atoms with E-state index in [-0.39, 0.29) is 5.91 Å². The summed E-state index contributed by atoms with van der Waals surface area (Å²) in [5.41, 5.74) is 4.25. The molecule has 0 atom stereocenters. The molecule has 8 heteroatoms. The Labute approximate surface area is 153 Å². The highest BCUT2D eigenvalue weighted by Crippen LogP contribution is 2.22. The molecular weight excluding hydrogens is 332 g/mol. The van der Waals surface area contributed by atoms with E-state index in [0.29, 0.717) is 12.3 Å². The van der Waals surface area contributed by atoms with E-state index in [2.05, 4.69) is 21.5 Å². The van der Waals surface area contributed by atoms with Gasteiger partial charge in [0, 0.05) is 70.2 Å². The molecule has 0 radical (unpaired) electrons. The number of carbonyl (C=O) groups is 1. The predicted octanol–water partition coefficient (Wildman–Crippen LogP) is 0.667. The number of nitrogens with zero attached hydrogens (tertiary/aromatic N) is 6. The Morgan fingerprint density at radius 2 is 2.08 bits per heavy atom. The van der Waals surface area contributed by atoms with Gasteiger partial charge in [0.25, 0.3) is 5.91 Å². The Morgan fingerprint density at radius 3 is 2.77 bits per heavy atom. The van der Waals surface area contributed by atoms with Gasteiger partial charge in [0.05, 0.1) is 25.2 Å². The third-order valence-corrected chi connectivity index (χ3v) is 5.24. The topological polar surface area (TPSA) is 68.4 Å². The fourth-order valence-electron chi connectivity index (χ4n) is 3.77. The summed E-state index contributed by atoms with van der Waals surface area (Å²) < 4.78 is 9.57. The minimum Gasteiger partial charge on any atom is -0.376 e. The monoisotopic (exact) mass is 358 g/mol. The van der Waals surface area contributed by atoms with Crippen LogP contribution in [0.4, 0.5) is 0 Å². The Bertz CT molecular complexity index is 788. The summed E-state index contributed by atoms with van der Waals surface area (Å²) in [6, 6.07) is 0. The van der Waals surface area contributed by atoms with Gasteiger partial charge in [0.2, 0.25) is 0 Å². The molecule has 8 nitrogen and oxygen atoms in total. The molecule has 2 aliphatic heterocycles. The highest BCUT2D eigenvalue weighted by Gasteiger charge is 2.26. The standard InChI is InChI=1S/C18H26N6O2/c1-3-24-17-4-9-26-12-14(17)15(20-24)11-22-5-7-23(8-6-22)18(25)16-10-21(2)13-19-16/h10,13H,3-9,11-12H2,1-2H3. The van der Waals surface area contributed by atoms with Crippen LogP contribution in [-0.2, 0) is 37.9 Å². The predicted molar refractivity (Wildman–Crippen MR) is 95.6 cm³/mol. The van der Waals surface area contributed by atoms with Gasteiger partial charge in [-0.1, -0.05) is 0 Å². The first kappa shape index (κ1) is 17.2. The van der Waals surface area contributed by atoms with E-state index >= 15 is 0 Å². The van der Waals surface area contributed by atoms with E-state index in [1.54, 1.807) is 17.1 Å². The summed E-state index contributed by atoms with van der Waals surface area (Å²) in [4.78, 5) is 20.9. The van der Waals surface area contributed by atoms with E-state index in [0.717, 1.165) is 58.0 Å². The van der Waals surface area contributed by atoms with Gasteiger partial charge in [-0.2, -0.15) is 5.10 Å². The molecule has 0 bridgehead atoms. The van der Waals surface area contributed by atoms with Crippen molar-refractivity contribution in [3.8, 4) is 0 Å². The number of carbonyl (C=O) groups excluding carboxylic acids is 1. The zero-order valence-electron chi connectivity index (χ0n) is 15.5. The Morgan fingerprint density at radius 1 is 1.27 bits per heavy atom. The van der Waals surface area contributed by atoms with Crippen molar-refractivity contribution >= 4 is 5.91 Å². The number of aromatic nitrogens is 4. The first-order chi connectivity index (χ1) is 12.7. The highest BCUT2D eigenvalue weighted by molar-refractivity contribution is 5.92. The molecule has 0 saturated carbocycles. The van der Waals surface area contributed by atoms with Crippen LogP contribution in [0.5, 0.6) is 0 Å². The summed E-state index contributed by atoms with van der Waals surface area (Å²) in [6.45, 7) is 8.47. The summed E-state index contributed by atoms with van der Waals surface area (Å²) >= 11 is 0. The van der Waals surface area contributed by atoms with Crippen molar-refractivity contribution in [3.63, 3.8) is 0 Å². The number of imidazole rings is 1. The molecule has 140 valence electrons. The summed E-state index contributed by atoms with van der Waals surface area (Å²) in [6.07, 6.45) is 4.39. The lowest BCUT2D eigenvalue weighted by atomic mass is 10.1. The minimum absolute atomic E-state index is 0.0197. The van der Waals surface area contributed by atoms with E-state index in [1.807, 2.05) is 11.9 Å².